The number of benzene rings is 1. The zero-order valence-electron chi connectivity index (χ0n) is 9.70. The van der Waals surface area contributed by atoms with Crippen molar-refractivity contribution in [1.29, 1.82) is 0 Å². The van der Waals surface area contributed by atoms with Gasteiger partial charge in [-0.25, -0.2) is 14.6 Å². The van der Waals surface area contributed by atoms with E-state index in [1.807, 2.05) is 0 Å². The Morgan fingerprint density at radius 3 is 2.42 bits per heavy atom. The van der Waals surface area contributed by atoms with Crippen LogP contribution in [-0.4, -0.2) is 27.1 Å². The average molecular weight is 258 g/mol. The predicted molar refractivity (Wildman–Crippen MR) is 68.0 cm³/mol. The van der Waals surface area contributed by atoms with Crippen LogP contribution in [0.5, 0.6) is 0 Å². The van der Waals surface area contributed by atoms with Gasteiger partial charge in [-0.3, -0.25) is 0 Å². The van der Waals surface area contributed by atoms with E-state index in [9.17, 15) is 9.59 Å². The van der Waals surface area contributed by atoms with Crippen molar-refractivity contribution in [2.75, 3.05) is 5.73 Å². The Labute approximate surface area is 108 Å². The Bertz CT molecular complexity index is 667. The first kappa shape index (κ1) is 12.6. The van der Waals surface area contributed by atoms with Crippen LogP contribution in [0.3, 0.4) is 0 Å². The maximum Gasteiger partial charge on any atom is 0.355 e. The Morgan fingerprint density at radius 1 is 1.05 bits per heavy atom. The maximum absolute atomic E-state index is 11.1. The highest BCUT2D eigenvalue weighted by Gasteiger charge is 2.15. The average Bonchev–Trinajstić information content (AvgIpc) is 2.38. The van der Waals surface area contributed by atoms with Gasteiger partial charge in [0.2, 0.25) is 0 Å². The Hall–Kier alpha value is -2.89. The van der Waals surface area contributed by atoms with Crippen LogP contribution in [0.1, 0.15) is 20.8 Å². The number of nitrogens with two attached hydrogens (primary N) is 1. The Morgan fingerprint density at radius 2 is 1.79 bits per heavy atom. The fourth-order valence-electron chi connectivity index (χ4n) is 1.69. The summed E-state index contributed by atoms with van der Waals surface area (Å²) < 4.78 is 0. The highest BCUT2D eigenvalue weighted by molar-refractivity contribution is 5.96. The van der Waals surface area contributed by atoms with E-state index in [1.165, 1.54) is 24.3 Å². The van der Waals surface area contributed by atoms with E-state index in [-0.39, 0.29) is 17.1 Å². The predicted octanol–water partition coefficient (Wildman–Crippen LogP) is 1.73. The number of pyridine rings is 1. The molecule has 19 heavy (non-hydrogen) atoms. The van der Waals surface area contributed by atoms with E-state index in [0.717, 1.165) is 0 Å². The van der Waals surface area contributed by atoms with E-state index in [1.54, 1.807) is 12.1 Å². The molecule has 2 aromatic rings. The molecule has 0 aliphatic rings. The third-order valence-corrected chi connectivity index (χ3v) is 2.54. The van der Waals surface area contributed by atoms with Crippen LogP contribution in [0.4, 0.5) is 5.82 Å². The first-order valence-electron chi connectivity index (χ1n) is 5.32. The molecule has 0 spiro atoms. The number of carbonyl (C=O) groups is 2. The number of carboxylic acids is 2. The van der Waals surface area contributed by atoms with Crippen molar-refractivity contribution in [3.63, 3.8) is 0 Å². The molecule has 0 radical (unpaired) electrons. The lowest BCUT2D eigenvalue weighted by Gasteiger charge is -2.07. The highest BCUT2D eigenvalue weighted by Crippen LogP contribution is 2.24. The van der Waals surface area contributed by atoms with Gasteiger partial charge in [0.1, 0.15) is 5.82 Å². The molecule has 0 bridgehead atoms. The number of rotatable bonds is 3. The second kappa shape index (κ2) is 4.77. The summed E-state index contributed by atoms with van der Waals surface area (Å²) in [6.45, 7) is 0. The van der Waals surface area contributed by atoms with Crippen LogP contribution < -0.4 is 5.73 Å². The van der Waals surface area contributed by atoms with Crippen LogP contribution in [0, 0.1) is 0 Å². The standard InChI is InChI=1S/C13H10N2O4/c14-10-5-4-9(11(15-10)13(18)19)7-2-1-3-8(6-7)12(16)17/h1-6H,(H2,14,15)(H,16,17)(H,18,19). The fraction of sp³-hybridized carbons (Fsp3) is 0. The van der Waals surface area contributed by atoms with Crippen molar-refractivity contribution in [2.24, 2.45) is 0 Å². The zero-order chi connectivity index (χ0) is 14.0. The molecule has 0 fully saturated rings. The molecule has 6 heteroatoms. The Kier molecular flexibility index (Phi) is 3.15. The van der Waals surface area contributed by atoms with E-state index < -0.39 is 11.9 Å². The molecule has 0 atom stereocenters. The van der Waals surface area contributed by atoms with Crippen LogP contribution in [0.2, 0.25) is 0 Å². The molecule has 1 aromatic heterocycles. The minimum atomic E-state index is -1.22. The van der Waals surface area contributed by atoms with Gasteiger partial charge in [0.05, 0.1) is 5.56 Å². The van der Waals surface area contributed by atoms with Crippen molar-refractivity contribution in [3.05, 3.63) is 47.7 Å². The van der Waals surface area contributed by atoms with E-state index >= 15 is 0 Å². The Balaban J connectivity index is 2.61. The molecular weight excluding hydrogens is 248 g/mol. The van der Waals surface area contributed by atoms with Crippen molar-refractivity contribution < 1.29 is 19.8 Å². The lowest BCUT2D eigenvalue weighted by molar-refractivity contribution is 0.0684. The summed E-state index contributed by atoms with van der Waals surface area (Å²) in [6.07, 6.45) is 0. The number of carboxylic acid groups (broad SMARTS) is 2. The van der Waals surface area contributed by atoms with Gasteiger partial charge < -0.3 is 15.9 Å². The second-order valence-corrected chi connectivity index (χ2v) is 3.82. The number of anilines is 1. The number of nitrogens with zero attached hydrogens (tertiary/aromatic N) is 1. The maximum atomic E-state index is 11.1. The first-order chi connectivity index (χ1) is 8.99. The molecule has 0 saturated heterocycles. The van der Waals surface area contributed by atoms with E-state index in [4.69, 9.17) is 15.9 Å². The summed E-state index contributed by atoms with van der Waals surface area (Å²) in [5, 5.41) is 18.0. The minimum Gasteiger partial charge on any atom is -0.478 e. The normalized spacial score (nSPS) is 10.1. The molecule has 96 valence electrons. The molecule has 0 aliphatic carbocycles. The van der Waals surface area contributed by atoms with Crippen molar-refractivity contribution in [2.45, 2.75) is 0 Å². The summed E-state index contributed by atoms with van der Waals surface area (Å²) in [6, 6.07) is 8.95. The van der Waals surface area contributed by atoms with Crippen molar-refractivity contribution >= 4 is 17.8 Å². The number of hydrogen-bond acceptors (Lipinski definition) is 4. The number of aromatic carboxylic acids is 2. The smallest absolute Gasteiger partial charge is 0.355 e. The van der Waals surface area contributed by atoms with Gasteiger partial charge in [0.25, 0.3) is 0 Å². The van der Waals surface area contributed by atoms with Gasteiger partial charge in [-0.05, 0) is 29.8 Å². The quantitative estimate of drug-likeness (QED) is 0.772. The second-order valence-electron chi connectivity index (χ2n) is 3.82. The summed E-state index contributed by atoms with van der Waals surface area (Å²) in [7, 11) is 0. The minimum absolute atomic E-state index is 0.0747. The molecule has 4 N–H and O–H groups in total. The van der Waals surface area contributed by atoms with E-state index in [2.05, 4.69) is 4.98 Å². The van der Waals surface area contributed by atoms with Crippen LogP contribution in [0.25, 0.3) is 11.1 Å². The molecule has 6 nitrogen and oxygen atoms in total. The van der Waals surface area contributed by atoms with Crippen molar-refractivity contribution in [3.8, 4) is 11.1 Å². The molecule has 0 unspecified atom stereocenters. The summed E-state index contributed by atoms with van der Waals surface area (Å²) in [5.41, 5.74) is 6.11. The SMILES string of the molecule is Nc1ccc(-c2cccc(C(=O)O)c2)c(C(=O)O)n1. The number of nitrogen functional groups attached to an aromatic ring is 1. The van der Waals surface area contributed by atoms with Gasteiger partial charge in [0.15, 0.2) is 5.69 Å². The van der Waals surface area contributed by atoms with Gasteiger partial charge >= 0.3 is 11.9 Å². The third kappa shape index (κ3) is 2.52. The van der Waals surface area contributed by atoms with Gasteiger partial charge in [-0.1, -0.05) is 12.1 Å². The first-order valence-corrected chi connectivity index (χ1v) is 5.32. The van der Waals surface area contributed by atoms with Gasteiger partial charge in [-0.2, -0.15) is 0 Å². The largest absolute Gasteiger partial charge is 0.478 e. The molecule has 1 heterocycles. The molecule has 2 rings (SSSR count). The topological polar surface area (TPSA) is 114 Å². The molecule has 1 aromatic carbocycles. The van der Waals surface area contributed by atoms with Gasteiger partial charge in [0, 0.05) is 5.56 Å². The van der Waals surface area contributed by atoms with Crippen LogP contribution in [-0.2, 0) is 0 Å². The molecule has 0 saturated carbocycles. The highest BCUT2D eigenvalue weighted by atomic mass is 16.4. The fourth-order valence-corrected chi connectivity index (χ4v) is 1.69. The van der Waals surface area contributed by atoms with E-state index in [0.29, 0.717) is 11.1 Å². The summed E-state index contributed by atoms with van der Waals surface area (Å²) in [5.74, 6) is -2.21. The molecule has 0 aliphatic heterocycles. The summed E-state index contributed by atoms with van der Waals surface area (Å²) in [4.78, 5) is 25.8. The number of hydrogen-bond donors (Lipinski definition) is 3. The monoisotopic (exact) mass is 258 g/mol. The summed E-state index contributed by atoms with van der Waals surface area (Å²) >= 11 is 0. The molecule has 0 amide bonds. The number of aromatic nitrogens is 1. The molecular formula is C13H10N2O4. The van der Waals surface area contributed by atoms with Crippen LogP contribution >= 0.6 is 0 Å². The zero-order valence-corrected chi connectivity index (χ0v) is 9.70. The lowest BCUT2D eigenvalue weighted by atomic mass is 10.0. The van der Waals surface area contributed by atoms with Gasteiger partial charge in [-0.15, -0.1) is 0 Å². The lowest BCUT2D eigenvalue weighted by Crippen LogP contribution is -2.06. The van der Waals surface area contributed by atoms with Crippen LogP contribution in [0.15, 0.2) is 36.4 Å². The van der Waals surface area contributed by atoms with Crippen molar-refractivity contribution in [1.82, 2.24) is 4.98 Å². The third-order valence-electron chi connectivity index (χ3n) is 2.54.